The smallest absolute Gasteiger partial charge is 0.410 e. The molecular formula is C23H37N3O6. The van der Waals surface area contributed by atoms with Crippen LogP contribution in [0.15, 0.2) is 0 Å². The van der Waals surface area contributed by atoms with Crippen LogP contribution in [0.25, 0.3) is 0 Å². The van der Waals surface area contributed by atoms with Crippen LogP contribution in [0.5, 0.6) is 0 Å². The minimum absolute atomic E-state index is 0.0219. The van der Waals surface area contributed by atoms with Gasteiger partial charge in [-0.15, -0.1) is 0 Å². The van der Waals surface area contributed by atoms with E-state index in [9.17, 15) is 19.2 Å². The SMILES string of the molecule is COC(=O)[C@H](C[C@@H]1CCCNC1=O)NC(=O)[C@@H]1[C@@H]2[C@H](CN1C(=O)OC(C)(C)C)CC2(C)C. The van der Waals surface area contributed by atoms with Crippen LogP contribution >= 0.6 is 0 Å². The van der Waals surface area contributed by atoms with Crippen molar-refractivity contribution in [1.82, 2.24) is 15.5 Å². The lowest BCUT2D eigenvalue weighted by molar-refractivity contribution is -0.147. The molecule has 0 radical (unpaired) electrons. The van der Waals surface area contributed by atoms with Crippen LogP contribution in [0.4, 0.5) is 4.79 Å². The van der Waals surface area contributed by atoms with E-state index >= 15 is 0 Å². The molecule has 3 amide bonds. The molecular weight excluding hydrogens is 414 g/mol. The number of fused-ring (bicyclic) bond motifs is 1. The van der Waals surface area contributed by atoms with Crippen molar-refractivity contribution in [3.05, 3.63) is 0 Å². The second-order valence-corrected chi connectivity index (χ2v) is 11.0. The minimum atomic E-state index is -0.955. The number of hydrogen-bond acceptors (Lipinski definition) is 6. The highest BCUT2D eigenvalue weighted by Crippen LogP contribution is 2.57. The van der Waals surface area contributed by atoms with Crippen LogP contribution in [0, 0.1) is 23.2 Å². The third-order valence-electron chi connectivity index (χ3n) is 6.92. The minimum Gasteiger partial charge on any atom is -0.467 e. The predicted octanol–water partition coefficient (Wildman–Crippen LogP) is 1.84. The Hall–Kier alpha value is -2.32. The Morgan fingerprint density at radius 3 is 2.53 bits per heavy atom. The highest BCUT2D eigenvalue weighted by molar-refractivity contribution is 5.91. The molecule has 0 aromatic heterocycles. The fourth-order valence-electron chi connectivity index (χ4n) is 5.61. The largest absolute Gasteiger partial charge is 0.467 e. The summed E-state index contributed by atoms with van der Waals surface area (Å²) in [7, 11) is 1.26. The Labute approximate surface area is 189 Å². The lowest BCUT2D eigenvalue weighted by Crippen LogP contribution is -2.57. The highest BCUT2D eigenvalue weighted by atomic mass is 16.6. The molecule has 0 bridgehead atoms. The zero-order valence-corrected chi connectivity index (χ0v) is 20.0. The molecule has 2 aliphatic heterocycles. The van der Waals surface area contributed by atoms with Gasteiger partial charge in [0.2, 0.25) is 11.8 Å². The van der Waals surface area contributed by atoms with Crippen LogP contribution in [0.2, 0.25) is 0 Å². The molecule has 0 unspecified atom stereocenters. The molecule has 3 aliphatic rings. The van der Waals surface area contributed by atoms with Crippen LogP contribution < -0.4 is 10.6 Å². The van der Waals surface area contributed by atoms with Gasteiger partial charge in [-0.2, -0.15) is 0 Å². The van der Waals surface area contributed by atoms with Gasteiger partial charge in [-0.3, -0.25) is 14.5 Å². The number of methoxy groups -OCH3 is 1. The molecule has 0 spiro atoms. The van der Waals surface area contributed by atoms with Crippen molar-refractivity contribution in [3.8, 4) is 0 Å². The number of amides is 3. The normalized spacial score (nSPS) is 29.8. The van der Waals surface area contributed by atoms with E-state index in [0.29, 0.717) is 19.5 Å². The number of piperidine rings is 1. The molecule has 3 fully saturated rings. The molecule has 0 aromatic carbocycles. The summed E-state index contributed by atoms with van der Waals surface area (Å²) in [6.45, 7) is 10.6. The van der Waals surface area contributed by atoms with Crippen LogP contribution in [-0.4, -0.2) is 66.7 Å². The maximum Gasteiger partial charge on any atom is 0.410 e. The summed E-state index contributed by atoms with van der Waals surface area (Å²) in [4.78, 5) is 52.6. The van der Waals surface area contributed by atoms with Crippen LogP contribution in [0.3, 0.4) is 0 Å². The fourth-order valence-corrected chi connectivity index (χ4v) is 5.61. The third-order valence-corrected chi connectivity index (χ3v) is 6.92. The summed E-state index contributed by atoms with van der Waals surface area (Å²) in [6.07, 6.45) is 2.04. The van der Waals surface area contributed by atoms with Gasteiger partial charge in [0.05, 0.1) is 7.11 Å². The number of carbonyl (C=O) groups excluding carboxylic acids is 4. The average molecular weight is 452 g/mol. The Morgan fingerprint density at radius 1 is 1.28 bits per heavy atom. The predicted molar refractivity (Wildman–Crippen MR) is 116 cm³/mol. The lowest BCUT2D eigenvalue weighted by Gasteiger charge is -2.49. The van der Waals surface area contributed by atoms with Gasteiger partial charge in [0.25, 0.3) is 0 Å². The highest BCUT2D eigenvalue weighted by Gasteiger charge is 2.61. The molecule has 1 aliphatic carbocycles. The summed E-state index contributed by atoms with van der Waals surface area (Å²) in [5.74, 6) is -1.28. The van der Waals surface area contributed by atoms with Crippen molar-refractivity contribution < 1.29 is 28.7 Å². The zero-order valence-electron chi connectivity index (χ0n) is 20.0. The van der Waals surface area contributed by atoms with E-state index in [1.54, 1.807) is 20.8 Å². The topological polar surface area (TPSA) is 114 Å². The molecule has 1 saturated carbocycles. The molecule has 32 heavy (non-hydrogen) atoms. The monoisotopic (exact) mass is 451 g/mol. The van der Waals surface area contributed by atoms with Gasteiger partial charge in [-0.25, -0.2) is 9.59 Å². The van der Waals surface area contributed by atoms with Crippen molar-refractivity contribution in [2.75, 3.05) is 20.2 Å². The second kappa shape index (κ2) is 8.90. The Bertz CT molecular complexity index is 774. The quantitative estimate of drug-likeness (QED) is 0.617. The first-order chi connectivity index (χ1) is 14.8. The van der Waals surface area contributed by atoms with E-state index < -0.39 is 35.7 Å². The summed E-state index contributed by atoms with van der Waals surface area (Å²) in [5, 5.41) is 5.61. The van der Waals surface area contributed by atoms with Crippen molar-refractivity contribution in [1.29, 1.82) is 0 Å². The number of likely N-dealkylation sites (tertiary alicyclic amines) is 1. The maximum atomic E-state index is 13.5. The van der Waals surface area contributed by atoms with Gasteiger partial charge in [0.1, 0.15) is 17.7 Å². The zero-order chi connectivity index (χ0) is 23.8. The van der Waals surface area contributed by atoms with Crippen LogP contribution in [0.1, 0.15) is 60.3 Å². The number of esters is 1. The van der Waals surface area contributed by atoms with E-state index in [-0.39, 0.29) is 35.5 Å². The van der Waals surface area contributed by atoms with Crippen molar-refractivity contribution >= 4 is 23.9 Å². The molecule has 2 saturated heterocycles. The van der Waals surface area contributed by atoms with E-state index in [1.807, 2.05) is 0 Å². The molecule has 0 aromatic rings. The number of nitrogens with one attached hydrogen (secondary N) is 2. The van der Waals surface area contributed by atoms with Gasteiger partial charge in [-0.1, -0.05) is 13.8 Å². The van der Waals surface area contributed by atoms with Crippen molar-refractivity contribution in [2.45, 2.75) is 78.0 Å². The molecule has 180 valence electrons. The first kappa shape index (κ1) is 24.3. The number of nitrogens with zero attached hydrogens (tertiary/aromatic N) is 1. The molecule has 9 heteroatoms. The molecule has 3 rings (SSSR count). The van der Waals surface area contributed by atoms with E-state index in [2.05, 4.69) is 24.5 Å². The van der Waals surface area contributed by atoms with Gasteiger partial charge in [0.15, 0.2) is 0 Å². The van der Waals surface area contributed by atoms with Crippen molar-refractivity contribution in [2.24, 2.45) is 23.2 Å². The van der Waals surface area contributed by atoms with Crippen molar-refractivity contribution in [3.63, 3.8) is 0 Å². The summed E-state index contributed by atoms with van der Waals surface area (Å²) in [6, 6.07) is -1.69. The number of ether oxygens (including phenoxy) is 2. The van der Waals surface area contributed by atoms with E-state index in [1.165, 1.54) is 12.0 Å². The lowest BCUT2D eigenvalue weighted by atomic mass is 9.55. The molecule has 2 heterocycles. The first-order valence-electron chi connectivity index (χ1n) is 11.5. The third kappa shape index (κ3) is 5.02. The Balaban J connectivity index is 1.79. The Morgan fingerprint density at radius 2 is 1.97 bits per heavy atom. The van der Waals surface area contributed by atoms with E-state index in [4.69, 9.17) is 9.47 Å². The first-order valence-corrected chi connectivity index (χ1v) is 11.5. The van der Waals surface area contributed by atoms with Gasteiger partial charge in [0, 0.05) is 19.0 Å². The van der Waals surface area contributed by atoms with Gasteiger partial charge in [-0.05, 0) is 63.7 Å². The number of hydrogen-bond donors (Lipinski definition) is 2. The van der Waals surface area contributed by atoms with Crippen LogP contribution in [-0.2, 0) is 23.9 Å². The standard InChI is InChI=1S/C23H37N3O6/c1-22(2,3)32-21(30)26-12-14-11-23(4,5)16(14)17(26)19(28)25-15(20(29)31-6)10-13-8-7-9-24-18(13)27/h13-17H,7-12H2,1-6H3,(H,24,27)(H,25,28)/t13-,14-,15-,16-,17-/m0/s1. The fraction of sp³-hybridized carbons (Fsp3) is 0.826. The summed E-state index contributed by atoms with van der Waals surface area (Å²) in [5.41, 5.74) is -0.786. The average Bonchev–Trinajstić information content (AvgIpc) is 3.02. The maximum absolute atomic E-state index is 13.5. The molecule has 5 atom stereocenters. The van der Waals surface area contributed by atoms with Gasteiger partial charge >= 0.3 is 12.1 Å². The Kier molecular flexibility index (Phi) is 6.77. The summed E-state index contributed by atoms with van der Waals surface area (Å²) >= 11 is 0. The molecule has 2 N–H and O–H groups in total. The molecule has 9 nitrogen and oxygen atoms in total. The summed E-state index contributed by atoms with van der Waals surface area (Å²) < 4.78 is 10.5. The number of rotatable bonds is 5. The second-order valence-electron chi connectivity index (χ2n) is 11.0. The van der Waals surface area contributed by atoms with Gasteiger partial charge < -0.3 is 20.1 Å². The number of carbonyl (C=O) groups is 4. The van der Waals surface area contributed by atoms with E-state index in [0.717, 1.165) is 12.8 Å².